The topological polar surface area (TPSA) is 60.0 Å². The summed E-state index contributed by atoms with van der Waals surface area (Å²) in [5.41, 5.74) is 2.15. The van der Waals surface area contributed by atoms with Crippen molar-refractivity contribution in [3.05, 3.63) is 90.0 Å². The Hall–Kier alpha value is -3.02. The van der Waals surface area contributed by atoms with Crippen LogP contribution in [0.5, 0.6) is 17.2 Å². The molecule has 0 fully saturated rings. The maximum absolute atomic E-state index is 10.4. The first kappa shape index (κ1) is 20.7. The number of aliphatic hydroxyl groups is 1. The zero-order valence-corrected chi connectivity index (χ0v) is 16.7. The van der Waals surface area contributed by atoms with E-state index in [0.29, 0.717) is 6.54 Å². The van der Waals surface area contributed by atoms with Gasteiger partial charge in [-0.1, -0.05) is 42.5 Å². The number of nitrogens with one attached hydrogen (secondary N) is 1. The highest BCUT2D eigenvalue weighted by atomic mass is 16.5. The Morgan fingerprint density at radius 3 is 1.72 bits per heavy atom. The van der Waals surface area contributed by atoms with Gasteiger partial charge < -0.3 is 24.6 Å². The Kier molecular flexibility index (Phi) is 7.50. The van der Waals surface area contributed by atoms with Crippen LogP contribution >= 0.6 is 0 Å². The van der Waals surface area contributed by atoms with E-state index in [0.717, 1.165) is 28.4 Å². The van der Waals surface area contributed by atoms with Gasteiger partial charge in [0.2, 0.25) is 0 Å². The number of rotatable bonds is 10. The molecule has 0 unspecified atom stereocenters. The highest BCUT2D eigenvalue weighted by Crippen LogP contribution is 2.26. The van der Waals surface area contributed by atoms with E-state index in [4.69, 9.17) is 14.2 Å². The lowest BCUT2D eigenvalue weighted by molar-refractivity contribution is 0.105. The van der Waals surface area contributed by atoms with Crippen molar-refractivity contribution in [3.63, 3.8) is 0 Å². The zero-order valence-electron chi connectivity index (χ0n) is 16.7. The first-order valence-corrected chi connectivity index (χ1v) is 9.57. The highest BCUT2D eigenvalue weighted by Gasteiger charge is 2.16. The van der Waals surface area contributed by atoms with Gasteiger partial charge in [-0.25, -0.2) is 0 Å². The van der Waals surface area contributed by atoms with Crippen LogP contribution in [0, 0.1) is 0 Å². The molecule has 3 aromatic carbocycles. The fraction of sp³-hybridized carbons (Fsp3) is 0.250. The summed E-state index contributed by atoms with van der Waals surface area (Å²) in [5.74, 6) is 2.35. The van der Waals surface area contributed by atoms with Crippen molar-refractivity contribution in [2.45, 2.75) is 12.1 Å². The minimum absolute atomic E-state index is 0.0850. The summed E-state index contributed by atoms with van der Waals surface area (Å²) in [5, 5.41) is 13.8. The number of ether oxygens (including phenoxy) is 3. The molecule has 3 rings (SSSR count). The summed E-state index contributed by atoms with van der Waals surface area (Å²) in [6.07, 6.45) is -0.644. The van der Waals surface area contributed by atoms with Gasteiger partial charge in [-0.15, -0.1) is 0 Å². The van der Waals surface area contributed by atoms with E-state index in [1.807, 2.05) is 78.9 Å². The van der Waals surface area contributed by atoms with Crippen LogP contribution in [-0.2, 0) is 0 Å². The van der Waals surface area contributed by atoms with Crippen LogP contribution in [0.3, 0.4) is 0 Å². The molecule has 0 saturated carbocycles. The van der Waals surface area contributed by atoms with Gasteiger partial charge in [0.25, 0.3) is 0 Å². The molecule has 0 amide bonds. The fourth-order valence-corrected chi connectivity index (χ4v) is 3.04. The molecule has 0 aromatic heterocycles. The lowest BCUT2D eigenvalue weighted by Gasteiger charge is -2.22. The van der Waals surface area contributed by atoms with Gasteiger partial charge in [0.15, 0.2) is 0 Å². The molecule has 0 heterocycles. The zero-order chi connectivity index (χ0) is 20.5. The predicted octanol–water partition coefficient (Wildman–Crippen LogP) is 3.82. The standard InChI is InChI=1S/C24H27NO4/c1-27-21-12-8-18(9-13-21)24(19-10-14-22(28-2)15-11-19)25-16-20(26)17-29-23-6-4-3-5-7-23/h3-15,20,24-26H,16-17H2,1-2H3/t20-/m0/s1. The second-order valence-electron chi connectivity index (χ2n) is 6.67. The van der Waals surface area contributed by atoms with Gasteiger partial charge in [-0.05, 0) is 47.5 Å². The number of benzene rings is 3. The second kappa shape index (κ2) is 10.5. The van der Waals surface area contributed by atoms with E-state index < -0.39 is 6.10 Å². The summed E-state index contributed by atoms with van der Waals surface area (Å²) >= 11 is 0. The molecule has 0 spiro atoms. The summed E-state index contributed by atoms with van der Waals surface area (Å²) in [7, 11) is 3.30. The van der Waals surface area contributed by atoms with Crippen molar-refractivity contribution in [2.75, 3.05) is 27.4 Å². The van der Waals surface area contributed by atoms with Crippen molar-refractivity contribution in [1.29, 1.82) is 0 Å². The highest BCUT2D eigenvalue weighted by molar-refractivity contribution is 5.37. The lowest BCUT2D eigenvalue weighted by atomic mass is 9.98. The van der Waals surface area contributed by atoms with Gasteiger partial charge in [0.1, 0.15) is 30.0 Å². The molecule has 0 radical (unpaired) electrons. The predicted molar refractivity (Wildman–Crippen MR) is 114 cm³/mol. The van der Waals surface area contributed by atoms with Gasteiger partial charge in [0.05, 0.1) is 20.3 Å². The second-order valence-corrected chi connectivity index (χ2v) is 6.67. The first-order chi connectivity index (χ1) is 14.2. The van der Waals surface area contributed by atoms with Crippen molar-refractivity contribution in [3.8, 4) is 17.2 Å². The van der Waals surface area contributed by atoms with Crippen molar-refractivity contribution in [1.82, 2.24) is 5.32 Å². The first-order valence-electron chi connectivity index (χ1n) is 9.57. The third-order valence-corrected chi connectivity index (χ3v) is 4.64. The molecule has 5 heteroatoms. The van der Waals surface area contributed by atoms with Crippen molar-refractivity contribution < 1.29 is 19.3 Å². The number of hydrogen-bond acceptors (Lipinski definition) is 5. The summed E-state index contributed by atoms with van der Waals surface area (Å²) in [4.78, 5) is 0. The summed E-state index contributed by atoms with van der Waals surface area (Å²) in [6, 6.07) is 25.2. The van der Waals surface area contributed by atoms with E-state index in [1.54, 1.807) is 14.2 Å². The largest absolute Gasteiger partial charge is 0.497 e. The van der Waals surface area contributed by atoms with Crippen LogP contribution in [0.1, 0.15) is 17.2 Å². The number of methoxy groups -OCH3 is 2. The van der Waals surface area contributed by atoms with Crippen LogP contribution in [0.2, 0.25) is 0 Å². The number of para-hydroxylation sites is 1. The molecule has 29 heavy (non-hydrogen) atoms. The maximum Gasteiger partial charge on any atom is 0.119 e. The molecule has 1 atom stereocenters. The minimum Gasteiger partial charge on any atom is -0.497 e. The van der Waals surface area contributed by atoms with Gasteiger partial charge in [-0.3, -0.25) is 0 Å². The molecule has 0 aliphatic carbocycles. The molecule has 152 valence electrons. The Morgan fingerprint density at radius 2 is 1.24 bits per heavy atom. The maximum atomic E-state index is 10.4. The van der Waals surface area contributed by atoms with Gasteiger partial charge in [0, 0.05) is 6.54 Å². The number of aliphatic hydroxyl groups excluding tert-OH is 1. The Labute approximate surface area is 171 Å². The van der Waals surface area contributed by atoms with Crippen LogP contribution in [-0.4, -0.2) is 38.6 Å². The van der Waals surface area contributed by atoms with Gasteiger partial charge in [-0.2, -0.15) is 0 Å². The molecule has 2 N–H and O–H groups in total. The Bertz CT molecular complexity index is 803. The lowest BCUT2D eigenvalue weighted by Crippen LogP contribution is -2.34. The smallest absolute Gasteiger partial charge is 0.119 e. The molecule has 5 nitrogen and oxygen atoms in total. The van der Waals surface area contributed by atoms with Crippen LogP contribution < -0.4 is 19.5 Å². The van der Waals surface area contributed by atoms with E-state index in [-0.39, 0.29) is 12.6 Å². The van der Waals surface area contributed by atoms with E-state index in [1.165, 1.54) is 0 Å². The third kappa shape index (κ3) is 5.98. The van der Waals surface area contributed by atoms with Crippen LogP contribution in [0.25, 0.3) is 0 Å². The average molecular weight is 393 g/mol. The van der Waals surface area contributed by atoms with E-state index in [9.17, 15) is 5.11 Å². The SMILES string of the molecule is COc1ccc(C(NC[C@H](O)COc2ccccc2)c2ccc(OC)cc2)cc1. The molecule has 0 saturated heterocycles. The molecule has 3 aromatic rings. The fourth-order valence-electron chi connectivity index (χ4n) is 3.04. The molecule has 0 bridgehead atoms. The summed E-state index contributed by atoms with van der Waals surface area (Å²) < 4.78 is 16.2. The number of hydrogen-bond donors (Lipinski definition) is 2. The Balaban J connectivity index is 1.68. The quantitative estimate of drug-likeness (QED) is 0.548. The monoisotopic (exact) mass is 393 g/mol. The molecular formula is C24H27NO4. The molecule has 0 aliphatic rings. The molecule has 0 aliphatic heterocycles. The van der Waals surface area contributed by atoms with Crippen molar-refractivity contribution >= 4 is 0 Å². The average Bonchev–Trinajstić information content (AvgIpc) is 2.79. The minimum atomic E-state index is -0.644. The van der Waals surface area contributed by atoms with Gasteiger partial charge >= 0.3 is 0 Å². The normalized spacial score (nSPS) is 11.9. The van der Waals surface area contributed by atoms with E-state index >= 15 is 0 Å². The van der Waals surface area contributed by atoms with Crippen molar-refractivity contribution in [2.24, 2.45) is 0 Å². The van der Waals surface area contributed by atoms with E-state index in [2.05, 4.69) is 5.32 Å². The summed E-state index contributed by atoms with van der Waals surface area (Å²) in [6.45, 7) is 0.602. The van der Waals surface area contributed by atoms with Crippen LogP contribution in [0.15, 0.2) is 78.9 Å². The Morgan fingerprint density at radius 1 is 0.724 bits per heavy atom. The molecular weight excluding hydrogens is 366 g/mol. The third-order valence-electron chi connectivity index (χ3n) is 4.64. The van der Waals surface area contributed by atoms with Crippen LogP contribution in [0.4, 0.5) is 0 Å².